The van der Waals surface area contributed by atoms with Gasteiger partial charge in [-0.3, -0.25) is 4.79 Å². The number of halogens is 1. The van der Waals surface area contributed by atoms with Crippen molar-refractivity contribution in [1.82, 2.24) is 15.6 Å². The van der Waals surface area contributed by atoms with Gasteiger partial charge in [0.2, 0.25) is 0 Å². The van der Waals surface area contributed by atoms with Crippen molar-refractivity contribution in [2.45, 2.75) is 20.4 Å². The van der Waals surface area contributed by atoms with Gasteiger partial charge in [-0.1, -0.05) is 69.9 Å². The second kappa shape index (κ2) is 7.93. The summed E-state index contributed by atoms with van der Waals surface area (Å²) >= 11 is 6.25. The Balaban J connectivity index is 1.51. The van der Waals surface area contributed by atoms with E-state index in [1.165, 1.54) is 5.56 Å². The first-order chi connectivity index (χ1) is 14.0. The van der Waals surface area contributed by atoms with E-state index in [2.05, 4.69) is 15.6 Å². The molecular formula is C22H18ClN3O3. The molecule has 2 heterocycles. The zero-order chi connectivity index (χ0) is 20.4. The highest BCUT2D eigenvalue weighted by Gasteiger charge is 2.23. The third-order valence-corrected chi connectivity index (χ3v) is 4.87. The summed E-state index contributed by atoms with van der Waals surface area (Å²) in [6, 6.07) is 16.9. The molecule has 0 aliphatic heterocycles. The van der Waals surface area contributed by atoms with Crippen molar-refractivity contribution in [3.63, 3.8) is 0 Å². The Bertz CT molecular complexity index is 1160. The van der Waals surface area contributed by atoms with Crippen LogP contribution in [0.1, 0.15) is 27.4 Å². The lowest BCUT2D eigenvalue weighted by Gasteiger charge is -2.05. The number of aryl methyl sites for hydroxylation is 2. The molecular weight excluding hydrogens is 390 g/mol. The third-order valence-electron chi connectivity index (χ3n) is 4.54. The quantitative estimate of drug-likeness (QED) is 0.492. The summed E-state index contributed by atoms with van der Waals surface area (Å²) in [5, 5.41) is 11.4. The third kappa shape index (κ3) is 3.93. The minimum atomic E-state index is -0.321. The van der Waals surface area contributed by atoms with Gasteiger partial charge in [0.05, 0.1) is 11.6 Å². The maximum absolute atomic E-state index is 12.8. The molecule has 4 aromatic rings. The second-order valence-electron chi connectivity index (χ2n) is 6.67. The van der Waals surface area contributed by atoms with Gasteiger partial charge in [0.15, 0.2) is 5.76 Å². The van der Waals surface area contributed by atoms with Gasteiger partial charge in [-0.2, -0.15) is 0 Å². The Morgan fingerprint density at radius 2 is 1.79 bits per heavy atom. The first-order valence-corrected chi connectivity index (χ1v) is 9.42. The summed E-state index contributed by atoms with van der Waals surface area (Å²) < 4.78 is 10.6. The predicted octanol–water partition coefficient (Wildman–Crippen LogP) is 5.20. The second-order valence-corrected chi connectivity index (χ2v) is 7.08. The van der Waals surface area contributed by atoms with Crippen molar-refractivity contribution in [2.24, 2.45) is 0 Å². The maximum atomic E-state index is 12.8. The van der Waals surface area contributed by atoms with E-state index in [1.807, 2.05) is 43.3 Å². The van der Waals surface area contributed by atoms with Crippen molar-refractivity contribution in [3.05, 3.63) is 82.2 Å². The maximum Gasteiger partial charge on any atom is 0.257 e. The lowest BCUT2D eigenvalue weighted by atomic mass is 10.1. The molecule has 0 saturated heterocycles. The minimum Gasteiger partial charge on any atom is -0.360 e. The zero-order valence-electron chi connectivity index (χ0n) is 15.9. The number of amides is 1. The number of nitrogens with zero attached hydrogens (tertiary/aromatic N) is 2. The van der Waals surface area contributed by atoms with Gasteiger partial charge in [0, 0.05) is 17.2 Å². The average Bonchev–Trinajstić information content (AvgIpc) is 3.34. The zero-order valence-corrected chi connectivity index (χ0v) is 16.7. The molecule has 0 fully saturated rings. The minimum absolute atomic E-state index is 0.209. The first-order valence-electron chi connectivity index (χ1n) is 9.05. The monoisotopic (exact) mass is 407 g/mol. The normalized spacial score (nSPS) is 10.9. The summed E-state index contributed by atoms with van der Waals surface area (Å²) in [6.07, 6.45) is 0. The van der Waals surface area contributed by atoms with Crippen LogP contribution >= 0.6 is 11.6 Å². The van der Waals surface area contributed by atoms with Crippen LogP contribution in [-0.4, -0.2) is 16.2 Å². The van der Waals surface area contributed by atoms with Crippen LogP contribution in [0.15, 0.2) is 63.6 Å². The molecule has 0 bridgehead atoms. The van der Waals surface area contributed by atoms with Crippen molar-refractivity contribution in [3.8, 4) is 22.6 Å². The molecule has 0 radical (unpaired) electrons. The number of carbonyl (C=O) groups excluding carboxylic acids is 1. The fraction of sp³-hybridized carbons (Fsp3) is 0.136. The number of carbonyl (C=O) groups is 1. The Morgan fingerprint density at radius 1 is 1.03 bits per heavy atom. The lowest BCUT2D eigenvalue weighted by molar-refractivity contribution is 0.0949. The molecule has 2 aromatic carbocycles. The van der Waals surface area contributed by atoms with Gasteiger partial charge in [-0.05, 0) is 19.9 Å². The predicted molar refractivity (Wildman–Crippen MR) is 110 cm³/mol. The number of hydrogen-bond donors (Lipinski definition) is 1. The molecule has 0 spiro atoms. The van der Waals surface area contributed by atoms with Crippen LogP contribution in [-0.2, 0) is 6.54 Å². The highest BCUT2D eigenvalue weighted by molar-refractivity contribution is 6.33. The van der Waals surface area contributed by atoms with Gasteiger partial charge in [0.1, 0.15) is 22.7 Å². The highest BCUT2D eigenvalue weighted by atomic mass is 35.5. The molecule has 0 unspecified atom stereocenters. The van der Waals surface area contributed by atoms with Crippen LogP contribution in [0, 0.1) is 13.8 Å². The van der Waals surface area contributed by atoms with E-state index in [-0.39, 0.29) is 12.5 Å². The van der Waals surface area contributed by atoms with E-state index in [1.54, 1.807) is 25.1 Å². The Labute approximate surface area is 172 Å². The molecule has 1 N–H and O–H groups in total. The Morgan fingerprint density at radius 3 is 2.55 bits per heavy atom. The van der Waals surface area contributed by atoms with E-state index < -0.39 is 0 Å². The largest absolute Gasteiger partial charge is 0.360 e. The average molecular weight is 408 g/mol. The van der Waals surface area contributed by atoms with E-state index in [0.29, 0.717) is 39.1 Å². The molecule has 0 atom stereocenters. The summed E-state index contributed by atoms with van der Waals surface area (Å²) in [5.74, 6) is 0.739. The molecule has 2 aromatic heterocycles. The van der Waals surface area contributed by atoms with Crippen molar-refractivity contribution in [1.29, 1.82) is 0 Å². The summed E-state index contributed by atoms with van der Waals surface area (Å²) in [4.78, 5) is 12.8. The fourth-order valence-electron chi connectivity index (χ4n) is 2.98. The van der Waals surface area contributed by atoms with Gasteiger partial charge in [-0.15, -0.1) is 0 Å². The first kappa shape index (κ1) is 19.0. The summed E-state index contributed by atoms with van der Waals surface area (Å²) in [7, 11) is 0. The number of benzene rings is 2. The number of aromatic nitrogens is 2. The summed E-state index contributed by atoms with van der Waals surface area (Å²) in [5.41, 5.74) is 4.10. The molecule has 29 heavy (non-hydrogen) atoms. The fourth-order valence-corrected chi connectivity index (χ4v) is 3.21. The molecule has 0 aliphatic rings. The van der Waals surface area contributed by atoms with Crippen molar-refractivity contribution in [2.75, 3.05) is 0 Å². The van der Waals surface area contributed by atoms with E-state index in [0.717, 1.165) is 5.56 Å². The SMILES string of the molecule is Cc1ccc(-c2cc(CNC(=O)c3c(-c4ccccc4Cl)noc3C)no2)cc1. The lowest BCUT2D eigenvalue weighted by Crippen LogP contribution is -2.23. The van der Waals surface area contributed by atoms with Crippen molar-refractivity contribution >= 4 is 17.5 Å². The van der Waals surface area contributed by atoms with E-state index in [4.69, 9.17) is 20.6 Å². The van der Waals surface area contributed by atoms with Crippen LogP contribution in [0.2, 0.25) is 5.02 Å². The van der Waals surface area contributed by atoms with Gasteiger partial charge in [-0.25, -0.2) is 0 Å². The summed E-state index contributed by atoms with van der Waals surface area (Å²) in [6.45, 7) is 3.92. The van der Waals surface area contributed by atoms with Crippen LogP contribution in [0.5, 0.6) is 0 Å². The number of hydrogen-bond acceptors (Lipinski definition) is 5. The molecule has 0 saturated carbocycles. The van der Waals surface area contributed by atoms with Gasteiger partial charge < -0.3 is 14.4 Å². The Hall–Kier alpha value is -3.38. The molecule has 4 rings (SSSR count). The van der Waals surface area contributed by atoms with Crippen LogP contribution in [0.4, 0.5) is 0 Å². The highest BCUT2D eigenvalue weighted by Crippen LogP contribution is 2.31. The molecule has 7 heteroatoms. The van der Waals surface area contributed by atoms with Gasteiger partial charge >= 0.3 is 0 Å². The van der Waals surface area contributed by atoms with E-state index >= 15 is 0 Å². The smallest absolute Gasteiger partial charge is 0.257 e. The van der Waals surface area contributed by atoms with Crippen LogP contribution in [0.25, 0.3) is 22.6 Å². The standard InChI is InChI=1S/C22H18ClN3O3/c1-13-7-9-15(10-8-13)19-11-16(25-29-19)12-24-22(27)20-14(2)28-26-21(20)17-5-3-4-6-18(17)23/h3-11H,12H2,1-2H3,(H,24,27). The van der Waals surface area contributed by atoms with Crippen molar-refractivity contribution < 1.29 is 13.8 Å². The molecule has 0 aliphatic carbocycles. The van der Waals surface area contributed by atoms with Crippen LogP contribution in [0.3, 0.4) is 0 Å². The molecule has 6 nitrogen and oxygen atoms in total. The number of rotatable bonds is 5. The van der Waals surface area contributed by atoms with Crippen LogP contribution < -0.4 is 5.32 Å². The van der Waals surface area contributed by atoms with Gasteiger partial charge in [0.25, 0.3) is 5.91 Å². The number of nitrogens with one attached hydrogen (secondary N) is 1. The topological polar surface area (TPSA) is 81.2 Å². The molecule has 1 amide bonds. The van der Waals surface area contributed by atoms with E-state index in [9.17, 15) is 4.79 Å². The molecule has 146 valence electrons. The Kier molecular flexibility index (Phi) is 5.18.